The predicted molar refractivity (Wildman–Crippen MR) is 281 cm³/mol. The molecule has 12 rings (SSSR count). The summed E-state index contributed by atoms with van der Waals surface area (Å²) in [6, 6.07) is 14.1. The van der Waals surface area contributed by atoms with Gasteiger partial charge in [-0.25, -0.2) is 19.9 Å². The smallest absolute Gasteiger partial charge is 0.274 e. The van der Waals surface area contributed by atoms with Crippen molar-refractivity contribution < 1.29 is 19.2 Å². The Balaban J connectivity index is 0.753. The van der Waals surface area contributed by atoms with E-state index >= 15 is 0 Å². The molecule has 20 nitrogen and oxygen atoms in total. The zero-order valence-electron chi connectivity index (χ0n) is 38.2. The van der Waals surface area contributed by atoms with Crippen molar-refractivity contribution in [1.82, 2.24) is 69.6 Å². The highest BCUT2D eigenvalue weighted by molar-refractivity contribution is 7.10. The van der Waals surface area contributed by atoms with E-state index in [2.05, 4.69) is 46.3 Å². The number of benzene rings is 2. The first-order valence-electron chi connectivity index (χ1n) is 23.0. The van der Waals surface area contributed by atoms with Crippen LogP contribution in [-0.4, -0.2) is 108 Å². The number of anilines is 1. The third kappa shape index (κ3) is 9.15. The molecule has 4 amide bonds. The first-order valence-corrected chi connectivity index (χ1v) is 26.2. The molecule has 2 aliphatic rings. The number of rotatable bonds is 12. The number of nitrogens with two attached hydrogens (primary N) is 1. The van der Waals surface area contributed by atoms with Crippen LogP contribution in [0.3, 0.4) is 0 Å². The Bertz CT molecular complexity index is 3880. The van der Waals surface area contributed by atoms with Crippen molar-refractivity contribution in [3.8, 4) is 0 Å². The molecule has 2 saturated heterocycles. The maximum atomic E-state index is 14.4. The summed E-state index contributed by atoms with van der Waals surface area (Å²) >= 11 is 28.1. The van der Waals surface area contributed by atoms with E-state index in [9.17, 15) is 19.2 Å². The minimum Gasteiger partial charge on any atom is -0.379 e. The lowest BCUT2D eigenvalue weighted by molar-refractivity contribution is 0.0721. The number of imidazole rings is 2. The summed E-state index contributed by atoms with van der Waals surface area (Å²) in [5.74, 6) is -1.48. The third-order valence-corrected chi connectivity index (χ3v) is 15.9. The molecule has 10 heterocycles. The van der Waals surface area contributed by atoms with E-state index in [1.807, 2.05) is 6.07 Å². The molecule has 4 atom stereocenters. The number of likely N-dealkylation sites (tertiary alicyclic amines) is 2. The standard InChI is InChI=1S/C48H38Cl4N16O4S2/c49-22-2-5-30-28(7-22)34(64-61-30)13-55-44(70)37-20-73-45(59-37)39-9-25(53)15-67(39)47(71)36-19-66-17-29(52)32(11-42(66)58-36)56-26-10-40(68(16-26)48(72)35-18-65-14-24(51)3-6-41(65)57-35)46-60-38(21-74-46)43(69)54-12-33-27-4-1-23(50)8-31(27)62-63-33/h1-8,11,14,17-21,25-26,39-40,56H,9-10,12-13,15-16,53H2,(H,54,69)(H,55,70)(H,61,64)(H,62,63)/t25-,26-,39+,40+/m1/s1. The van der Waals surface area contributed by atoms with Gasteiger partial charge in [0.25, 0.3) is 23.6 Å². The number of nitrogens with zero attached hydrogens (tertiary/aromatic N) is 10. The average molecular weight is 1110 g/mol. The van der Waals surface area contributed by atoms with Crippen LogP contribution in [0.1, 0.15) is 88.3 Å². The highest BCUT2D eigenvalue weighted by atomic mass is 35.5. The number of nitrogens with one attached hydrogen (secondary N) is 5. The van der Waals surface area contributed by atoms with Gasteiger partial charge in [-0.1, -0.05) is 46.4 Å². The van der Waals surface area contributed by atoms with Gasteiger partial charge in [-0.3, -0.25) is 29.4 Å². The summed E-state index contributed by atoms with van der Waals surface area (Å²) < 4.78 is 3.36. The zero-order valence-corrected chi connectivity index (χ0v) is 42.9. The number of amides is 4. The number of hydrogen-bond donors (Lipinski definition) is 6. The third-order valence-electron chi connectivity index (χ3n) is 13.0. The molecule has 0 saturated carbocycles. The van der Waals surface area contributed by atoms with Crippen molar-refractivity contribution in [1.29, 1.82) is 0 Å². The van der Waals surface area contributed by atoms with Gasteiger partial charge in [0.05, 0.1) is 63.3 Å². The Morgan fingerprint density at radius 1 is 0.622 bits per heavy atom. The zero-order chi connectivity index (χ0) is 50.9. The fourth-order valence-electron chi connectivity index (χ4n) is 9.48. The summed E-state index contributed by atoms with van der Waals surface area (Å²) in [7, 11) is 0. The topological polar surface area (TPSA) is 255 Å². The van der Waals surface area contributed by atoms with E-state index in [1.54, 1.807) is 103 Å². The lowest BCUT2D eigenvalue weighted by atomic mass is 10.1. The lowest BCUT2D eigenvalue weighted by Crippen LogP contribution is -2.33. The molecule has 0 radical (unpaired) electrons. The van der Waals surface area contributed by atoms with Crippen molar-refractivity contribution in [3.05, 3.63) is 154 Å². The maximum Gasteiger partial charge on any atom is 0.274 e. The van der Waals surface area contributed by atoms with Crippen LogP contribution in [0.15, 0.2) is 90.1 Å². The predicted octanol–water partition coefficient (Wildman–Crippen LogP) is 8.10. The number of fused-ring (bicyclic) bond motifs is 4. The molecule has 26 heteroatoms. The van der Waals surface area contributed by atoms with Gasteiger partial charge >= 0.3 is 0 Å². The molecule has 74 heavy (non-hydrogen) atoms. The van der Waals surface area contributed by atoms with Crippen LogP contribution in [0.25, 0.3) is 33.1 Å². The minimum atomic E-state index is -0.551. The highest BCUT2D eigenvalue weighted by Gasteiger charge is 2.41. The van der Waals surface area contributed by atoms with Crippen molar-refractivity contribution >= 4 is 131 Å². The van der Waals surface area contributed by atoms with Gasteiger partial charge in [0.2, 0.25) is 0 Å². The first kappa shape index (κ1) is 47.8. The molecule has 2 aromatic carbocycles. The Kier molecular flexibility index (Phi) is 12.4. The normalized spacial score (nSPS) is 17.9. The van der Waals surface area contributed by atoms with Gasteiger partial charge < -0.3 is 40.3 Å². The molecule has 10 aromatic rings. The Morgan fingerprint density at radius 3 is 1.93 bits per heavy atom. The van der Waals surface area contributed by atoms with Gasteiger partial charge in [-0.05, 0) is 61.4 Å². The molecular formula is C48H38Cl4N16O4S2. The van der Waals surface area contributed by atoms with Gasteiger partial charge in [-0.2, -0.15) is 10.2 Å². The quantitative estimate of drug-likeness (QED) is 0.0679. The van der Waals surface area contributed by atoms with Crippen molar-refractivity contribution in [2.24, 2.45) is 5.73 Å². The molecule has 0 bridgehead atoms. The van der Waals surface area contributed by atoms with Crippen LogP contribution in [0, 0.1) is 0 Å². The summed E-state index contributed by atoms with van der Waals surface area (Å²) in [5, 5.41) is 31.8. The summed E-state index contributed by atoms with van der Waals surface area (Å²) in [6.07, 6.45) is 7.41. The van der Waals surface area contributed by atoms with E-state index in [4.69, 9.17) is 62.1 Å². The SMILES string of the molecule is N[C@@H]1C[C@@H](c2nc(C(=O)NCc3[nH]nc4ccc(Cl)cc34)cs2)N(C(=O)c2cn3cc(Cl)c(N[C@@H]4C[C@@H](c5nc(C(=O)NCc6[nH]nc7cc(Cl)ccc67)cs5)N(C(=O)c5cn6cc(Cl)ccc6n5)C4)cc3n2)C1. The monoisotopic (exact) mass is 1110 g/mol. The fourth-order valence-corrected chi connectivity index (χ4v) is 12.1. The van der Waals surface area contributed by atoms with E-state index in [1.165, 1.54) is 22.7 Å². The molecule has 0 unspecified atom stereocenters. The van der Waals surface area contributed by atoms with E-state index in [0.717, 1.165) is 16.3 Å². The van der Waals surface area contributed by atoms with Crippen LogP contribution in [0.2, 0.25) is 20.1 Å². The molecule has 7 N–H and O–H groups in total. The second kappa shape index (κ2) is 19.3. The number of pyridine rings is 2. The largest absolute Gasteiger partial charge is 0.379 e. The van der Waals surface area contributed by atoms with Crippen molar-refractivity contribution in [2.75, 3.05) is 18.4 Å². The van der Waals surface area contributed by atoms with Gasteiger partial charge in [0, 0.05) is 87.6 Å². The van der Waals surface area contributed by atoms with Crippen LogP contribution in [0.4, 0.5) is 5.69 Å². The number of thiazole rings is 2. The minimum absolute atomic E-state index is 0.164. The van der Waals surface area contributed by atoms with Gasteiger partial charge in [0.15, 0.2) is 0 Å². The molecular weight excluding hydrogens is 1070 g/mol. The number of aromatic nitrogens is 10. The fraction of sp³-hybridized carbons (Fsp3) is 0.208. The van der Waals surface area contributed by atoms with Crippen molar-refractivity contribution in [3.63, 3.8) is 0 Å². The Hall–Kier alpha value is -7.18. The molecule has 374 valence electrons. The first-order chi connectivity index (χ1) is 35.8. The number of aromatic amines is 2. The van der Waals surface area contributed by atoms with Crippen LogP contribution < -0.4 is 21.7 Å². The van der Waals surface area contributed by atoms with Crippen LogP contribution in [-0.2, 0) is 13.1 Å². The second-order valence-corrected chi connectivity index (χ2v) is 21.4. The number of carbonyl (C=O) groups excluding carboxylic acids is 4. The van der Waals surface area contributed by atoms with Gasteiger partial charge in [-0.15, -0.1) is 22.7 Å². The highest BCUT2D eigenvalue weighted by Crippen LogP contribution is 2.39. The summed E-state index contributed by atoms with van der Waals surface area (Å²) in [5.41, 5.74) is 11.6. The molecule has 0 spiro atoms. The van der Waals surface area contributed by atoms with E-state index in [0.29, 0.717) is 76.8 Å². The number of carbonyl (C=O) groups is 4. The second-order valence-electron chi connectivity index (χ2n) is 17.9. The van der Waals surface area contributed by atoms with Crippen LogP contribution >= 0.6 is 69.1 Å². The maximum absolute atomic E-state index is 14.4. The number of halogens is 4. The average Bonchev–Trinajstić information content (AvgIpc) is 4.24. The molecule has 2 aliphatic heterocycles. The van der Waals surface area contributed by atoms with E-state index < -0.39 is 18.0 Å². The summed E-state index contributed by atoms with van der Waals surface area (Å²) in [6.45, 7) is 0.829. The van der Waals surface area contributed by atoms with Gasteiger partial charge in [0.1, 0.15) is 44.1 Å². The summed E-state index contributed by atoms with van der Waals surface area (Å²) in [4.78, 5) is 77.5. The van der Waals surface area contributed by atoms with E-state index in [-0.39, 0.29) is 78.8 Å². The lowest BCUT2D eigenvalue weighted by Gasteiger charge is -2.22. The van der Waals surface area contributed by atoms with Crippen molar-refractivity contribution in [2.45, 2.75) is 50.1 Å². The Labute approximate surface area is 446 Å². The molecule has 8 aromatic heterocycles. The van der Waals surface area contributed by atoms with Crippen LogP contribution in [0.5, 0.6) is 0 Å². The number of hydrogen-bond acceptors (Lipinski definition) is 14. The molecule has 0 aliphatic carbocycles. The Morgan fingerprint density at radius 2 is 1.22 bits per heavy atom. The number of H-pyrrole nitrogens is 2. The molecule has 2 fully saturated rings.